The Kier molecular flexibility index (Phi) is 4.97. The fourth-order valence-electron chi connectivity index (χ4n) is 3.03. The van der Waals surface area contributed by atoms with Gasteiger partial charge in [0.25, 0.3) is 0 Å². The highest BCUT2D eigenvalue weighted by Gasteiger charge is 2.19. The molecule has 26 heavy (non-hydrogen) atoms. The van der Waals surface area contributed by atoms with Crippen LogP contribution in [-0.4, -0.2) is 48.1 Å². The molecule has 136 valence electrons. The Morgan fingerprint density at radius 1 is 1.08 bits per heavy atom. The van der Waals surface area contributed by atoms with E-state index in [9.17, 15) is 9.59 Å². The lowest BCUT2D eigenvalue weighted by Gasteiger charge is -2.35. The Morgan fingerprint density at radius 3 is 2.42 bits per heavy atom. The minimum atomic E-state index is -1.00. The van der Waals surface area contributed by atoms with E-state index in [1.165, 1.54) is 12.1 Å². The first-order valence-corrected chi connectivity index (χ1v) is 8.44. The number of hydrogen-bond donors (Lipinski definition) is 3. The maximum atomic E-state index is 11.4. The number of nitrogens with zero attached hydrogens (tertiary/aromatic N) is 2. The molecule has 1 heterocycles. The molecule has 1 aliphatic heterocycles. The van der Waals surface area contributed by atoms with E-state index in [-0.39, 0.29) is 11.5 Å². The Labute approximate surface area is 152 Å². The smallest absolute Gasteiger partial charge is 0.335 e. The lowest BCUT2D eigenvalue weighted by atomic mass is 10.1. The molecule has 7 nitrogen and oxygen atoms in total. The van der Waals surface area contributed by atoms with E-state index in [1.54, 1.807) is 13.0 Å². The molecule has 0 radical (unpaired) electrons. The summed E-state index contributed by atoms with van der Waals surface area (Å²) >= 11 is 0. The minimum absolute atomic E-state index is 0.111. The maximum Gasteiger partial charge on any atom is 0.335 e. The van der Waals surface area contributed by atoms with Gasteiger partial charge in [0.15, 0.2) is 0 Å². The highest BCUT2D eigenvalue weighted by Crippen LogP contribution is 2.27. The largest absolute Gasteiger partial charge is 0.478 e. The van der Waals surface area contributed by atoms with E-state index in [1.807, 2.05) is 29.2 Å². The first-order chi connectivity index (χ1) is 12.4. The molecule has 4 N–H and O–H groups in total. The number of nitrogens with one attached hydrogen (secondary N) is 1. The van der Waals surface area contributed by atoms with Gasteiger partial charge in [-0.15, -0.1) is 0 Å². The quantitative estimate of drug-likeness (QED) is 0.729. The summed E-state index contributed by atoms with van der Waals surface area (Å²) < 4.78 is 0. The Balaban J connectivity index is 1.72. The van der Waals surface area contributed by atoms with Crippen LogP contribution in [0.3, 0.4) is 0 Å². The molecule has 3 rings (SSSR count). The summed E-state index contributed by atoms with van der Waals surface area (Å²) in [5, 5.41) is 12.3. The molecule has 0 saturated carbocycles. The van der Waals surface area contributed by atoms with Gasteiger partial charge in [-0.3, -0.25) is 4.79 Å². The normalized spacial score (nSPS) is 14.2. The van der Waals surface area contributed by atoms with Crippen molar-refractivity contribution in [3.8, 4) is 0 Å². The molecule has 1 aliphatic rings. The molecule has 0 bridgehead atoms. The molecule has 0 aromatic heterocycles. The van der Waals surface area contributed by atoms with E-state index >= 15 is 0 Å². The third kappa shape index (κ3) is 3.88. The lowest BCUT2D eigenvalue weighted by molar-refractivity contribution is -0.129. The van der Waals surface area contributed by atoms with Crippen molar-refractivity contribution in [1.29, 1.82) is 0 Å². The SMILES string of the molecule is CC(=O)N1CCN(c2cccc(Nc3ccc(C(=O)O)cc3N)c2)CC1. The standard InChI is InChI=1S/C19H22N4O3/c1-13(24)22-7-9-23(10-8-22)16-4-2-3-15(12-16)21-18-6-5-14(19(25)26)11-17(18)20/h2-6,11-12,21H,7-10,20H2,1H3,(H,25,26). The van der Waals surface area contributed by atoms with E-state index in [4.69, 9.17) is 10.8 Å². The van der Waals surface area contributed by atoms with Crippen LogP contribution in [0, 0.1) is 0 Å². The number of hydrogen-bond acceptors (Lipinski definition) is 5. The minimum Gasteiger partial charge on any atom is -0.478 e. The summed E-state index contributed by atoms with van der Waals surface area (Å²) in [7, 11) is 0. The number of nitrogen functional groups attached to an aromatic ring is 1. The lowest BCUT2D eigenvalue weighted by Crippen LogP contribution is -2.48. The number of benzene rings is 2. The number of piperazine rings is 1. The first kappa shape index (κ1) is 17.6. The van der Waals surface area contributed by atoms with E-state index in [0.29, 0.717) is 11.4 Å². The average Bonchev–Trinajstić information content (AvgIpc) is 2.63. The number of carbonyl (C=O) groups is 2. The number of rotatable bonds is 4. The maximum absolute atomic E-state index is 11.4. The zero-order chi connectivity index (χ0) is 18.7. The van der Waals surface area contributed by atoms with Crippen LogP contribution in [0.4, 0.5) is 22.7 Å². The molecule has 0 aliphatic carbocycles. The van der Waals surface area contributed by atoms with Crippen LogP contribution in [0.15, 0.2) is 42.5 Å². The molecule has 0 spiro atoms. The van der Waals surface area contributed by atoms with Crippen molar-refractivity contribution in [2.45, 2.75) is 6.92 Å². The van der Waals surface area contributed by atoms with E-state index in [2.05, 4.69) is 10.2 Å². The molecule has 0 atom stereocenters. The summed E-state index contributed by atoms with van der Waals surface area (Å²) in [4.78, 5) is 26.5. The molecule has 2 aromatic carbocycles. The molecule has 1 amide bonds. The van der Waals surface area contributed by atoms with Gasteiger partial charge in [0.05, 0.1) is 16.9 Å². The van der Waals surface area contributed by atoms with Gasteiger partial charge in [-0.25, -0.2) is 4.79 Å². The van der Waals surface area contributed by atoms with Gasteiger partial charge in [-0.05, 0) is 36.4 Å². The number of carboxylic acids is 1. The average molecular weight is 354 g/mol. The second kappa shape index (κ2) is 7.35. The van der Waals surface area contributed by atoms with Crippen molar-refractivity contribution in [3.63, 3.8) is 0 Å². The van der Waals surface area contributed by atoms with Gasteiger partial charge >= 0.3 is 5.97 Å². The van der Waals surface area contributed by atoms with Crippen molar-refractivity contribution >= 4 is 34.6 Å². The van der Waals surface area contributed by atoms with Crippen LogP contribution in [0.1, 0.15) is 17.3 Å². The van der Waals surface area contributed by atoms with Gasteiger partial charge in [-0.1, -0.05) is 6.07 Å². The molecular formula is C19H22N4O3. The van der Waals surface area contributed by atoms with Crippen LogP contribution in [0.5, 0.6) is 0 Å². The van der Waals surface area contributed by atoms with E-state index < -0.39 is 5.97 Å². The Morgan fingerprint density at radius 2 is 1.81 bits per heavy atom. The van der Waals surface area contributed by atoms with Crippen molar-refractivity contribution in [2.24, 2.45) is 0 Å². The van der Waals surface area contributed by atoms with Gasteiger partial charge in [0.2, 0.25) is 5.91 Å². The van der Waals surface area contributed by atoms with Crippen molar-refractivity contribution in [2.75, 3.05) is 42.1 Å². The van der Waals surface area contributed by atoms with Crippen LogP contribution in [0.2, 0.25) is 0 Å². The highest BCUT2D eigenvalue weighted by molar-refractivity contribution is 5.91. The second-order valence-electron chi connectivity index (χ2n) is 6.28. The van der Waals surface area contributed by atoms with Gasteiger partial charge in [0, 0.05) is 44.5 Å². The number of nitrogens with two attached hydrogens (primary N) is 1. The fourth-order valence-corrected chi connectivity index (χ4v) is 3.03. The number of amides is 1. The van der Waals surface area contributed by atoms with Crippen LogP contribution >= 0.6 is 0 Å². The fraction of sp³-hybridized carbons (Fsp3) is 0.263. The van der Waals surface area contributed by atoms with Crippen molar-refractivity contribution < 1.29 is 14.7 Å². The summed E-state index contributed by atoms with van der Waals surface area (Å²) in [5.74, 6) is -0.893. The summed E-state index contributed by atoms with van der Waals surface area (Å²) in [5.41, 5.74) is 9.09. The monoisotopic (exact) mass is 354 g/mol. The van der Waals surface area contributed by atoms with E-state index in [0.717, 1.165) is 37.6 Å². The van der Waals surface area contributed by atoms with Crippen LogP contribution in [0.25, 0.3) is 0 Å². The molecule has 0 unspecified atom stereocenters. The summed E-state index contributed by atoms with van der Waals surface area (Å²) in [6, 6.07) is 12.6. The van der Waals surface area contributed by atoms with Crippen molar-refractivity contribution in [3.05, 3.63) is 48.0 Å². The van der Waals surface area contributed by atoms with Gasteiger partial charge in [-0.2, -0.15) is 0 Å². The zero-order valence-electron chi connectivity index (χ0n) is 14.6. The topological polar surface area (TPSA) is 98.9 Å². The predicted octanol–water partition coefficient (Wildman–Crippen LogP) is 2.38. The molecular weight excluding hydrogens is 332 g/mol. The molecule has 7 heteroatoms. The highest BCUT2D eigenvalue weighted by atomic mass is 16.4. The van der Waals surface area contributed by atoms with Crippen molar-refractivity contribution in [1.82, 2.24) is 4.90 Å². The third-order valence-corrected chi connectivity index (χ3v) is 4.51. The number of aromatic carboxylic acids is 1. The molecule has 2 aromatic rings. The Hall–Kier alpha value is -3.22. The number of carboxylic acid groups (broad SMARTS) is 1. The van der Waals surface area contributed by atoms with Crippen LogP contribution in [-0.2, 0) is 4.79 Å². The van der Waals surface area contributed by atoms with Crippen LogP contribution < -0.4 is 16.0 Å². The third-order valence-electron chi connectivity index (χ3n) is 4.51. The van der Waals surface area contributed by atoms with Gasteiger partial charge in [0.1, 0.15) is 0 Å². The number of anilines is 4. The molecule has 1 fully saturated rings. The number of carbonyl (C=O) groups excluding carboxylic acids is 1. The molecule has 1 saturated heterocycles. The van der Waals surface area contributed by atoms with Gasteiger partial charge < -0.3 is 26.0 Å². The predicted molar refractivity (Wildman–Crippen MR) is 102 cm³/mol. The summed E-state index contributed by atoms with van der Waals surface area (Å²) in [6.45, 7) is 4.62. The first-order valence-electron chi connectivity index (χ1n) is 8.44. The second-order valence-corrected chi connectivity index (χ2v) is 6.28. The summed E-state index contributed by atoms with van der Waals surface area (Å²) in [6.07, 6.45) is 0. The zero-order valence-corrected chi connectivity index (χ0v) is 14.6. The Bertz CT molecular complexity index is 829.